The second-order valence-electron chi connectivity index (χ2n) is 5.08. The molecule has 0 bridgehead atoms. The van der Waals surface area contributed by atoms with Gasteiger partial charge in [-0.1, -0.05) is 6.42 Å². The third kappa shape index (κ3) is 3.65. The van der Waals surface area contributed by atoms with Crippen molar-refractivity contribution in [2.24, 2.45) is 0 Å². The molecule has 2 atom stereocenters. The SMILES string of the molecule is CS(=O)(=O)C1CCCC(Nc2ccc(F)cc2F)C1. The van der Waals surface area contributed by atoms with Crippen LogP contribution in [0.5, 0.6) is 0 Å². The predicted molar refractivity (Wildman–Crippen MR) is 70.9 cm³/mol. The summed E-state index contributed by atoms with van der Waals surface area (Å²) in [7, 11) is -3.06. The molecule has 0 aliphatic heterocycles. The average Bonchev–Trinajstić information content (AvgIpc) is 2.32. The highest BCUT2D eigenvalue weighted by molar-refractivity contribution is 7.91. The molecule has 1 aliphatic rings. The number of rotatable bonds is 3. The molecule has 6 heteroatoms. The lowest BCUT2D eigenvalue weighted by atomic mass is 9.94. The lowest BCUT2D eigenvalue weighted by Crippen LogP contribution is -2.34. The highest BCUT2D eigenvalue weighted by Crippen LogP contribution is 2.27. The zero-order chi connectivity index (χ0) is 14.0. The Morgan fingerprint density at radius 2 is 2.00 bits per heavy atom. The van der Waals surface area contributed by atoms with E-state index < -0.39 is 21.5 Å². The number of benzene rings is 1. The monoisotopic (exact) mass is 289 g/mol. The van der Waals surface area contributed by atoms with Crippen LogP contribution in [0.25, 0.3) is 0 Å². The summed E-state index contributed by atoms with van der Waals surface area (Å²) in [4.78, 5) is 0. The van der Waals surface area contributed by atoms with Crippen LogP contribution in [0.1, 0.15) is 25.7 Å². The Bertz CT molecular complexity index is 560. The van der Waals surface area contributed by atoms with E-state index in [0.29, 0.717) is 12.8 Å². The van der Waals surface area contributed by atoms with Gasteiger partial charge >= 0.3 is 0 Å². The van der Waals surface area contributed by atoms with Crippen molar-refractivity contribution in [1.29, 1.82) is 0 Å². The van der Waals surface area contributed by atoms with Crippen LogP contribution in [-0.2, 0) is 9.84 Å². The van der Waals surface area contributed by atoms with E-state index in [1.165, 1.54) is 18.4 Å². The van der Waals surface area contributed by atoms with Gasteiger partial charge in [0.25, 0.3) is 0 Å². The Labute approximate surface area is 111 Å². The quantitative estimate of drug-likeness (QED) is 0.930. The number of hydrogen-bond donors (Lipinski definition) is 1. The molecule has 0 spiro atoms. The molecular weight excluding hydrogens is 272 g/mol. The molecule has 1 aliphatic carbocycles. The number of sulfone groups is 1. The average molecular weight is 289 g/mol. The molecule has 1 fully saturated rings. The lowest BCUT2D eigenvalue weighted by Gasteiger charge is -2.29. The van der Waals surface area contributed by atoms with Crippen molar-refractivity contribution >= 4 is 15.5 Å². The van der Waals surface area contributed by atoms with E-state index in [2.05, 4.69) is 5.32 Å². The van der Waals surface area contributed by atoms with E-state index in [1.54, 1.807) is 0 Å². The summed E-state index contributed by atoms with van der Waals surface area (Å²) in [5.41, 5.74) is 0.223. The van der Waals surface area contributed by atoms with Gasteiger partial charge < -0.3 is 5.32 Å². The van der Waals surface area contributed by atoms with Crippen molar-refractivity contribution in [2.75, 3.05) is 11.6 Å². The predicted octanol–water partition coefficient (Wildman–Crippen LogP) is 2.73. The van der Waals surface area contributed by atoms with Gasteiger partial charge in [-0.05, 0) is 31.4 Å². The molecule has 1 saturated carbocycles. The summed E-state index contributed by atoms with van der Waals surface area (Å²) in [5, 5.41) is 2.60. The molecule has 0 saturated heterocycles. The Morgan fingerprint density at radius 1 is 1.26 bits per heavy atom. The summed E-state index contributed by atoms with van der Waals surface area (Å²) in [6, 6.07) is 3.25. The van der Waals surface area contributed by atoms with Gasteiger partial charge in [0.1, 0.15) is 21.5 Å². The Kier molecular flexibility index (Phi) is 4.08. The van der Waals surface area contributed by atoms with Gasteiger partial charge in [0, 0.05) is 18.4 Å². The van der Waals surface area contributed by atoms with Crippen LogP contribution in [0.2, 0.25) is 0 Å². The van der Waals surface area contributed by atoms with Gasteiger partial charge in [-0.3, -0.25) is 0 Å². The minimum Gasteiger partial charge on any atom is -0.380 e. The van der Waals surface area contributed by atoms with Crippen LogP contribution in [0, 0.1) is 11.6 Å². The first kappa shape index (κ1) is 14.2. The number of halogens is 2. The van der Waals surface area contributed by atoms with E-state index >= 15 is 0 Å². The molecule has 1 N–H and O–H groups in total. The zero-order valence-corrected chi connectivity index (χ0v) is 11.5. The van der Waals surface area contributed by atoms with E-state index in [4.69, 9.17) is 0 Å². The second kappa shape index (κ2) is 5.45. The fraction of sp³-hybridized carbons (Fsp3) is 0.538. The van der Waals surface area contributed by atoms with Crippen molar-refractivity contribution in [2.45, 2.75) is 37.0 Å². The van der Waals surface area contributed by atoms with Crippen LogP contribution in [0.15, 0.2) is 18.2 Å². The maximum absolute atomic E-state index is 13.5. The minimum atomic E-state index is -3.06. The van der Waals surface area contributed by atoms with Crippen molar-refractivity contribution < 1.29 is 17.2 Å². The Morgan fingerprint density at radius 3 is 2.63 bits per heavy atom. The summed E-state index contributed by atoms with van der Waals surface area (Å²) < 4.78 is 49.4. The van der Waals surface area contributed by atoms with Gasteiger partial charge in [-0.25, -0.2) is 17.2 Å². The van der Waals surface area contributed by atoms with Crippen molar-refractivity contribution in [3.05, 3.63) is 29.8 Å². The zero-order valence-electron chi connectivity index (χ0n) is 10.7. The molecule has 3 nitrogen and oxygen atoms in total. The molecule has 0 radical (unpaired) electrons. The lowest BCUT2D eigenvalue weighted by molar-refractivity contribution is 0.451. The summed E-state index contributed by atoms with van der Waals surface area (Å²) >= 11 is 0. The van der Waals surface area contributed by atoms with Gasteiger partial charge in [-0.15, -0.1) is 0 Å². The summed E-state index contributed by atoms with van der Waals surface area (Å²) in [5.74, 6) is -1.28. The number of hydrogen-bond acceptors (Lipinski definition) is 3. The first-order valence-electron chi connectivity index (χ1n) is 6.26. The highest BCUT2D eigenvalue weighted by Gasteiger charge is 2.29. The van der Waals surface area contributed by atoms with E-state index in [-0.39, 0.29) is 17.0 Å². The maximum atomic E-state index is 13.5. The van der Waals surface area contributed by atoms with E-state index in [1.807, 2.05) is 0 Å². The van der Waals surface area contributed by atoms with Gasteiger partial charge in [0.05, 0.1) is 10.9 Å². The minimum absolute atomic E-state index is 0.0894. The van der Waals surface area contributed by atoms with E-state index in [9.17, 15) is 17.2 Å². The van der Waals surface area contributed by atoms with Crippen LogP contribution >= 0.6 is 0 Å². The van der Waals surface area contributed by atoms with Crippen LogP contribution in [-0.4, -0.2) is 26.0 Å². The number of nitrogens with one attached hydrogen (secondary N) is 1. The fourth-order valence-electron chi connectivity index (χ4n) is 2.49. The topological polar surface area (TPSA) is 46.2 Å². The molecule has 2 unspecified atom stereocenters. The van der Waals surface area contributed by atoms with Crippen molar-refractivity contribution in [1.82, 2.24) is 0 Å². The molecule has 1 aromatic rings. The standard InChI is InChI=1S/C13H17F2NO2S/c1-19(17,18)11-4-2-3-10(8-11)16-13-6-5-9(14)7-12(13)15/h5-7,10-11,16H,2-4,8H2,1H3. The van der Waals surface area contributed by atoms with E-state index in [0.717, 1.165) is 18.9 Å². The van der Waals surface area contributed by atoms with Gasteiger partial charge in [0.2, 0.25) is 0 Å². The Balaban J connectivity index is 2.07. The molecule has 2 rings (SSSR count). The molecule has 0 aromatic heterocycles. The van der Waals surface area contributed by atoms with Crippen LogP contribution < -0.4 is 5.32 Å². The third-order valence-corrected chi connectivity index (χ3v) is 5.16. The maximum Gasteiger partial charge on any atom is 0.150 e. The normalized spacial score (nSPS) is 24.2. The first-order valence-corrected chi connectivity index (χ1v) is 8.22. The summed E-state index contributed by atoms with van der Waals surface area (Å²) in [6.07, 6.45) is 3.94. The smallest absolute Gasteiger partial charge is 0.150 e. The molecule has 0 amide bonds. The van der Waals surface area contributed by atoms with Gasteiger partial charge in [-0.2, -0.15) is 0 Å². The highest BCUT2D eigenvalue weighted by atomic mass is 32.2. The second-order valence-corrected chi connectivity index (χ2v) is 7.41. The van der Waals surface area contributed by atoms with Crippen LogP contribution in [0.3, 0.4) is 0 Å². The van der Waals surface area contributed by atoms with Crippen molar-refractivity contribution in [3.63, 3.8) is 0 Å². The largest absolute Gasteiger partial charge is 0.380 e. The van der Waals surface area contributed by atoms with Gasteiger partial charge in [0.15, 0.2) is 0 Å². The molecular formula is C13H17F2NO2S. The van der Waals surface area contributed by atoms with Crippen molar-refractivity contribution in [3.8, 4) is 0 Å². The first-order chi connectivity index (χ1) is 8.86. The Hall–Kier alpha value is -1.17. The molecule has 19 heavy (non-hydrogen) atoms. The third-order valence-electron chi connectivity index (χ3n) is 3.52. The summed E-state index contributed by atoms with van der Waals surface area (Å²) in [6.45, 7) is 0. The molecule has 0 heterocycles. The number of anilines is 1. The molecule has 1 aromatic carbocycles. The van der Waals surface area contributed by atoms with Crippen LogP contribution in [0.4, 0.5) is 14.5 Å². The fourth-order valence-corrected chi connectivity index (χ4v) is 3.67. The molecule has 106 valence electrons.